The average molecular weight is 269 g/mol. The molecule has 2 N–H and O–H groups in total. The van der Waals surface area contributed by atoms with E-state index in [4.69, 9.17) is 14.8 Å². The van der Waals surface area contributed by atoms with Gasteiger partial charge in [-0.3, -0.25) is 0 Å². The van der Waals surface area contributed by atoms with Crippen LogP contribution in [0, 0.1) is 5.95 Å². The van der Waals surface area contributed by atoms with Crippen molar-refractivity contribution in [3.8, 4) is 5.88 Å². The van der Waals surface area contributed by atoms with E-state index in [9.17, 15) is 4.39 Å². The van der Waals surface area contributed by atoms with E-state index in [1.807, 2.05) is 0 Å². The number of ether oxygens (including phenoxy) is 1. The number of unbranched alkanes of at least 4 members (excludes halogenated alkanes) is 5. The smallest absolute Gasteiger partial charge is 0.478 e. The zero-order valence-electron chi connectivity index (χ0n) is 11.3. The highest BCUT2D eigenvalue weighted by Gasteiger charge is 2.17. The molecular formula is C13H21BFNO3. The van der Waals surface area contributed by atoms with Gasteiger partial charge in [-0.25, -0.2) is 0 Å². The lowest BCUT2D eigenvalue weighted by Gasteiger charge is -2.07. The van der Waals surface area contributed by atoms with Crippen molar-refractivity contribution in [1.82, 2.24) is 4.98 Å². The predicted molar refractivity (Wildman–Crippen MR) is 72.9 cm³/mol. The van der Waals surface area contributed by atoms with Crippen molar-refractivity contribution >= 4 is 12.6 Å². The maximum Gasteiger partial charge on any atom is 0.493 e. The fraction of sp³-hybridized carbons (Fsp3) is 0.615. The van der Waals surface area contributed by atoms with Crippen LogP contribution in [0.5, 0.6) is 5.88 Å². The summed E-state index contributed by atoms with van der Waals surface area (Å²) in [6.45, 7) is 2.68. The molecule has 0 amide bonds. The summed E-state index contributed by atoms with van der Waals surface area (Å²) in [5.74, 6) is -0.731. The van der Waals surface area contributed by atoms with Gasteiger partial charge in [0.1, 0.15) is 0 Å². The van der Waals surface area contributed by atoms with Crippen molar-refractivity contribution in [2.75, 3.05) is 6.61 Å². The second kappa shape index (κ2) is 8.88. The molecule has 1 heterocycles. The summed E-state index contributed by atoms with van der Waals surface area (Å²) >= 11 is 0. The minimum Gasteiger partial charge on any atom is -0.478 e. The van der Waals surface area contributed by atoms with Gasteiger partial charge in [0.2, 0.25) is 11.8 Å². The number of hydrogen-bond acceptors (Lipinski definition) is 4. The van der Waals surface area contributed by atoms with Gasteiger partial charge in [-0.1, -0.05) is 45.1 Å². The van der Waals surface area contributed by atoms with Gasteiger partial charge >= 0.3 is 7.12 Å². The van der Waals surface area contributed by atoms with Crippen molar-refractivity contribution in [2.24, 2.45) is 0 Å². The summed E-state index contributed by atoms with van der Waals surface area (Å²) in [7, 11) is -1.85. The number of nitrogens with zero attached hydrogens (tertiary/aromatic N) is 1. The zero-order valence-corrected chi connectivity index (χ0v) is 11.3. The average Bonchev–Trinajstić information content (AvgIpc) is 2.37. The Morgan fingerprint density at radius 1 is 1.16 bits per heavy atom. The maximum atomic E-state index is 13.3. The minimum atomic E-state index is -1.85. The summed E-state index contributed by atoms with van der Waals surface area (Å²) < 4.78 is 18.6. The van der Waals surface area contributed by atoms with E-state index in [-0.39, 0.29) is 11.3 Å². The van der Waals surface area contributed by atoms with Gasteiger partial charge in [-0.2, -0.15) is 9.37 Å². The Bertz CT molecular complexity index is 377. The van der Waals surface area contributed by atoms with Gasteiger partial charge < -0.3 is 14.8 Å². The lowest BCUT2D eigenvalue weighted by molar-refractivity contribution is 0.289. The van der Waals surface area contributed by atoms with E-state index >= 15 is 0 Å². The molecule has 0 aromatic carbocycles. The molecule has 0 fully saturated rings. The third-order valence-electron chi connectivity index (χ3n) is 2.88. The minimum absolute atomic E-state index is 0.176. The van der Waals surface area contributed by atoms with Crippen molar-refractivity contribution < 1.29 is 19.2 Å². The molecule has 6 heteroatoms. The molecule has 0 radical (unpaired) electrons. The van der Waals surface area contributed by atoms with Crippen molar-refractivity contribution in [3.05, 3.63) is 18.1 Å². The monoisotopic (exact) mass is 269 g/mol. The van der Waals surface area contributed by atoms with E-state index in [0.29, 0.717) is 6.61 Å². The maximum absolute atomic E-state index is 13.3. The summed E-state index contributed by atoms with van der Waals surface area (Å²) in [5, 5.41) is 17.7. The number of rotatable bonds is 9. The van der Waals surface area contributed by atoms with Crippen LogP contribution in [0.25, 0.3) is 0 Å². The molecule has 0 saturated heterocycles. The first-order valence-electron chi connectivity index (χ1n) is 6.80. The van der Waals surface area contributed by atoms with E-state index in [1.54, 1.807) is 0 Å². The van der Waals surface area contributed by atoms with Crippen LogP contribution in [0.15, 0.2) is 12.1 Å². The SMILES string of the molecule is CCCCCCCCOc1ccc(B(O)O)c(F)n1. The fourth-order valence-corrected chi connectivity index (χ4v) is 1.76. The Hall–Kier alpha value is -1.14. The largest absolute Gasteiger partial charge is 0.493 e. The van der Waals surface area contributed by atoms with Crippen molar-refractivity contribution in [3.63, 3.8) is 0 Å². The van der Waals surface area contributed by atoms with Gasteiger partial charge in [-0.05, 0) is 6.42 Å². The quantitative estimate of drug-likeness (QED) is 0.406. The Morgan fingerprint density at radius 2 is 1.84 bits per heavy atom. The van der Waals surface area contributed by atoms with Gasteiger partial charge in [0, 0.05) is 11.5 Å². The predicted octanol–water partition coefficient (Wildman–Crippen LogP) is 1.64. The summed E-state index contributed by atoms with van der Waals surface area (Å²) in [5.41, 5.74) is -0.244. The van der Waals surface area contributed by atoms with Crippen LogP contribution in [0.4, 0.5) is 4.39 Å². The Morgan fingerprint density at radius 3 is 2.47 bits per heavy atom. The summed E-state index contributed by atoms with van der Waals surface area (Å²) in [4.78, 5) is 3.53. The van der Waals surface area contributed by atoms with Crippen molar-refractivity contribution in [2.45, 2.75) is 45.4 Å². The number of pyridine rings is 1. The molecule has 0 atom stereocenters. The molecule has 19 heavy (non-hydrogen) atoms. The molecular weight excluding hydrogens is 248 g/mol. The Labute approximate surface area is 113 Å². The second-order valence-corrected chi connectivity index (χ2v) is 4.52. The molecule has 1 aromatic heterocycles. The molecule has 0 unspecified atom stereocenters. The highest BCUT2D eigenvalue weighted by atomic mass is 19.1. The molecule has 0 aliphatic rings. The van der Waals surface area contributed by atoms with Gasteiger partial charge in [0.25, 0.3) is 0 Å². The lowest BCUT2D eigenvalue weighted by atomic mass is 9.81. The molecule has 4 nitrogen and oxygen atoms in total. The third kappa shape index (κ3) is 6.03. The second-order valence-electron chi connectivity index (χ2n) is 4.52. The van der Waals surface area contributed by atoms with E-state index in [2.05, 4.69) is 11.9 Å². The normalized spacial score (nSPS) is 10.5. The summed E-state index contributed by atoms with van der Waals surface area (Å²) in [6, 6.07) is 2.71. The number of hydrogen-bond donors (Lipinski definition) is 2. The van der Waals surface area contributed by atoms with E-state index < -0.39 is 13.1 Å². The number of halogens is 1. The molecule has 1 aromatic rings. The van der Waals surface area contributed by atoms with Crippen molar-refractivity contribution in [1.29, 1.82) is 0 Å². The van der Waals surface area contributed by atoms with Crippen LogP contribution in [-0.4, -0.2) is 28.8 Å². The molecule has 0 spiro atoms. The van der Waals surface area contributed by atoms with Crippen LogP contribution >= 0.6 is 0 Å². The third-order valence-corrected chi connectivity index (χ3v) is 2.88. The van der Waals surface area contributed by atoms with Crippen LogP contribution in [0.1, 0.15) is 45.4 Å². The highest BCUT2D eigenvalue weighted by molar-refractivity contribution is 6.58. The topological polar surface area (TPSA) is 62.6 Å². The molecule has 0 aliphatic carbocycles. The zero-order chi connectivity index (χ0) is 14.1. The first-order chi connectivity index (χ1) is 9.15. The lowest BCUT2D eigenvalue weighted by Crippen LogP contribution is -2.33. The van der Waals surface area contributed by atoms with Gasteiger partial charge in [0.05, 0.1) is 6.61 Å². The highest BCUT2D eigenvalue weighted by Crippen LogP contribution is 2.08. The molecule has 106 valence electrons. The first kappa shape index (κ1) is 15.9. The number of aromatic nitrogens is 1. The Kier molecular flexibility index (Phi) is 7.44. The molecule has 1 rings (SSSR count). The van der Waals surface area contributed by atoms with Gasteiger partial charge in [-0.15, -0.1) is 0 Å². The van der Waals surface area contributed by atoms with Crippen LogP contribution in [-0.2, 0) is 0 Å². The molecule has 0 bridgehead atoms. The van der Waals surface area contributed by atoms with E-state index in [1.165, 1.54) is 37.8 Å². The first-order valence-corrected chi connectivity index (χ1v) is 6.80. The fourth-order valence-electron chi connectivity index (χ4n) is 1.76. The van der Waals surface area contributed by atoms with Crippen LogP contribution in [0.2, 0.25) is 0 Å². The van der Waals surface area contributed by atoms with Gasteiger partial charge in [0.15, 0.2) is 0 Å². The van der Waals surface area contributed by atoms with E-state index in [0.717, 1.165) is 12.8 Å². The standard InChI is InChI=1S/C13H21BFNO3/c1-2-3-4-5-6-7-10-19-12-9-8-11(14(17)18)13(15)16-12/h8-9,17-18H,2-7,10H2,1H3. The van der Waals surface area contributed by atoms with Crippen LogP contribution in [0.3, 0.4) is 0 Å². The molecule has 0 saturated carbocycles. The Balaban J connectivity index is 2.25. The van der Waals surface area contributed by atoms with Crippen LogP contribution < -0.4 is 10.2 Å². The summed E-state index contributed by atoms with van der Waals surface area (Å²) in [6.07, 6.45) is 6.93. The molecule has 0 aliphatic heterocycles.